The molecule has 0 amide bonds. The van der Waals surface area contributed by atoms with Crippen LogP contribution in [0, 0.1) is 0 Å². The smallest absolute Gasteiger partial charge is 0.0167 e. The zero-order valence-electron chi connectivity index (χ0n) is 7.84. The summed E-state index contributed by atoms with van der Waals surface area (Å²) in [4.78, 5) is 2.63. The second-order valence-electron chi connectivity index (χ2n) is 4.34. The van der Waals surface area contributed by atoms with Crippen LogP contribution in [-0.2, 0) is 0 Å². The lowest BCUT2D eigenvalue weighted by molar-refractivity contribution is 0.127. The Bertz CT molecular complexity index is 143. The van der Waals surface area contributed by atoms with E-state index in [4.69, 9.17) is 5.73 Å². The van der Waals surface area contributed by atoms with E-state index in [1.807, 2.05) is 0 Å². The van der Waals surface area contributed by atoms with Gasteiger partial charge in [-0.15, -0.1) is 0 Å². The van der Waals surface area contributed by atoms with Gasteiger partial charge in [-0.25, -0.2) is 0 Å². The highest BCUT2D eigenvalue weighted by atomic mass is 15.2. The van der Waals surface area contributed by atoms with E-state index in [1.54, 1.807) is 0 Å². The monoisotopic (exact) mass is 168 g/mol. The minimum Gasteiger partial charge on any atom is -0.327 e. The molecule has 0 aromatic carbocycles. The first-order valence-corrected chi connectivity index (χ1v) is 5.36. The SMILES string of the molecule is NC1CCCCN(C2CCC2)C1. The molecule has 0 aromatic heterocycles. The quantitative estimate of drug-likeness (QED) is 0.640. The van der Waals surface area contributed by atoms with Crippen molar-refractivity contribution in [3.8, 4) is 0 Å². The van der Waals surface area contributed by atoms with Crippen molar-refractivity contribution in [1.82, 2.24) is 4.90 Å². The minimum atomic E-state index is 0.452. The van der Waals surface area contributed by atoms with Crippen LogP contribution < -0.4 is 5.73 Å². The van der Waals surface area contributed by atoms with Crippen LogP contribution in [0.4, 0.5) is 0 Å². The molecule has 2 fully saturated rings. The summed E-state index contributed by atoms with van der Waals surface area (Å²) in [5, 5.41) is 0. The van der Waals surface area contributed by atoms with Crippen LogP contribution in [0.1, 0.15) is 38.5 Å². The van der Waals surface area contributed by atoms with Gasteiger partial charge in [-0.05, 0) is 32.2 Å². The van der Waals surface area contributed by atoms with E-state index in [0.717, 1.165) is 12.6 Å². The van der Waals surface area contributed by atoms with Gasteiger partial charge in [-0.2, -0.15) is 0 Å². The van der Waals surface area contributed by atoms with E-state index in [0.29, 0.717) is 6.04 Å². The molecule has 2 N–H and O–H groups in total. The molecule has 1 saturated carbocycles. The Morgan fingerprint density at radius 2 is 1.83 bits per heavy atom. The molecule has 2 aliphatic rings. The van der Waals surface area contributed by atoms with Crippen molar-refractivity contribution in [3.63, 3.8) is 0 Å². The Balaban J connectivity index is 1.85. The Labute approximate surface area is 75.1 Å². The molecule has 1 aliphatic carbocycles. The molecule has 0 spiro atoms. The maximum atomic E-state index is 6.00. The molecule has 12 heavy (non-hydrogen) atoms. The highest BCUT2D eigenvalue weighted by Gasteiger charge is 2.26. The van der Waals surface area contributed by atoms with Gasteiger partial charge in [0.2, 0.25) is 0 Å². The molecule has 1 saturated heterocycles. The summed E-state index contributed by atoms with van der Waals surface area (Å²) >= 11 is 0. The molecule has 0 aromatic rings. The number of nitrogens with zero attached hydrogens (tertiary/aromatic N) is 1. The zero-order chi connectivity index (χ0) is 8.39. The third kappa shape index (κ3) is 1.80. The molecule has 1 aliphatic heterocycles. The summed E-state index contributed by atoms with van der Waals surface area (Å²) in [7, 11) is 0. The lowest BCUT2D eigenvalue weighted by atomic mass is 9.91. The van der Waals surface area contributed by atoms with E-state index in [2.05, 4.69) is 4.90 Å². The van der Waals surface area contributed by atoms with E-state index < -0.39 is 0 Å². The summed E-state index contributed by atoms with van der Waals surface area (Å²) in [5.74, 6) is 0. The fraction of sp³-hybridized carbons (Fsp3) is 1.00. The van der Waals surface area contributed by atoms with Gasteiger partial charge >= 0.3 is 0 Å². The first-order valence-electron chi connectivity index (χ1n) is 5.36. The molecule has 0 bridgehead atoms. The molecule has 0 radical (unpaired) electrons. The van der Waals surface area contributed by atoms with E-state index in [-0.39, 0.29) is 0 Å². The molecule has 2 nitrogen and oxygen atoms in total. The van der Waals surface area contributed by atoms with Gasteiger partial charge in [-0.3, -0.25) is 4.90 Å². The highest BCUT2D eigenvalue weighted by molar-refractivity contribution is 4.84. The second kappa shape index (κ2) is 3.75. The average molecular weight is 168 g/mol. The third-order valence-corrected chi connectivity index (χ3v) is 3.33. The predicted octanol–water partition coefficient (Wildman–Crippen LogP) is 1.35. The first-order chi connectivity index (χ1) is 5.86. The Hall–Kier alpha value is -0.0800. The predicted molar refractivity (Wildman–Crippen MR) is 51.0 cm³/mol. The molecule has 2 heteroatoms. The summed E-state index contributed by atoms with van der Waals surface area (Å²) in [6, 6.07) is 1.35. The normalized spacial score (nSPS) is 34.2. The minimum absolute atomic E-state index is 0.452. The standard InChI is InChI=1S/C10H20N2/c11-9-4-1-2-7-12(8-9)10-5-3-6-10/h9-10H,1-8,11H2. The summed E-state index contributed by atoms with van der Waals surface area (Å²) in [5.41, 5.74) is 6.00. The number of hydrogen-bond acceptors (Lipinski definition) is 2. The molecule has 1 heterocycles. The fourth-order valence-corrected chi connectivity index (χ4v) is 2.29. The zero-order valence-corrected chi connectivity index (χ0v) is 7.84. The number of likely N-dealkylation sites (tertiary alicyclic amines) is 1. The van der Waals surface area contributed by atoms with E-state index >= 15 is 0 Å². The van der Waals surface area contributed by atoms with Gasteiger partial charge in [0.1, 0.15) is 0 Å². The van der Waals surface area contributed by atoms with Crippen molar-refractivity contribution in [2.75, 3.05) is 13.1 Å². The van der Waals surface area contributed by atoms with E-state index in [1.165, 1.54) is 45.1 Å². The van der Waals surface area contributed by atoms with Crippen LogP contribution >= 0.6 is 0 Å². The molecule has 70 valence electrons. The van der Waals surface area contributed by atoms with Gasteiger partial charge in [0.05, 0.1) is 0 Å². The van der Waals surface area contributed by atoms with Gasteiger partial charge in [0.25, 0.3) is 0 Å². The van der Waals surface area contributed by atoms with Crippen molar-refractivity contribution in [3.05, 3.63) is 0 Å². The van der Waals surface area contributed by atoms with Gasteiger partial charge in [0.15, 0.2) is 0 Å². The highest BCUT2D eigenvalue weighted by Crippen LogP contribution is 2.26. The first kappa shape index (κ1) is 8.52. The second-order valence-corrected chi connectivity index (χ2v) is 4.34. The van der Waals surface area contributed by atoms with Gasteiger partial charge in [-0.1, -0.05) is 12.8 Å². The summed E-state index contributed by atoms with van der Waals surface area (Å²) in [6.07, 6.45) is 8.23. The van der Waals surface area contributed by atoms with Crippen LogP contribution in [0.2, 0.25) is 0 Å². The number of hydrogen-bond donors (Lipinski definition) is 1. The maximum Gasteiger partial charge on any atom is 0.0167 e. The average Bonchev–Trinajstić information content (AvgIpc) is 2.10. The Kier molecular flexibility index (Phi) is 2.66. The van der Waals surface area contributed by atoms with Crippen LogP contribution in [0.25, 0.3) is 0 Å². The maximum absolute atomic E-state index is 6.00. The lowest BCUT2D eigenvalue weighted by Gasteiger charge is -2.37. The number of nitrogens with two attached hydrogens (primary N) is 1. The van der Waals surface area contributed by atoms with Gasteiger partial charge < -0.3 is 5.73 Å². The van der Waals surface area contributed by atoms with Crippen LogP contribution in [0.15, 0.2) is 0 Å². The van der Waals surface area contributed by atoms with Crippen molar-refractivity contribution in [1.29, 1.82) is 0 Å². The van der Waals surface area contributed by atoms with Crippen LogP contribution in [0.5, 0.6) is 0 Å². The van der Waals surface area contributed by atoms with Crippen LogP contribution in [0.3, 0.4) is 0 Å². The van der Waals surface area contributed by atoms with E-state index in [9.17, 15) is 0 Å². The molecule has 1 unspecified atom stereocenters. The molecular formula is C10H20N2. The fourth-order valence-electron chi connectivity index (χ4n) is 2.29. The summed E-state index contributed by atoms with van der Waals surface area (Å²) < 4.78 is 0. The Morgan fingerprint density at radius 3 is 2.50 bits per heavy atom. The van der Waals surface area contributed by atoms with Crippen LogP contribution in [-0.4, -0.2) is 30.1 Å². The number of rotatable bonds is 1. The molecular weight excluding hydrogens is 148 g/mol. The summed E-state index contributed by atoms with van der Waals surface area (Å²) in [6.45, 7) is 2.46. The topological polar surface area (TPSA) is 29.3 Å². The van der Waals surface area contributed by atoms with Gasteiger partial charge in [0, 0.05) is 18.6 Å². The van der Waals surface area contributed by atoms with Crippen molar-refractivity contribution < 1.29 is 0 Å². The lowest BCUT2D eigenvalue weighted by Crippen LogP contribution is -2.45. The third-order valence-electron chi connectivity index (χ3n) is 3.33. The largest absolute Gasteiger partial charge is 0.327 e. The Morgan fingerprint density at radius 1 is 1.00 bits per heavy atom. The molecule has 2 rings (SSSR count). The van der Waals surface area contributed by atoms with Crippen molar-refractivity contribution in [2.45, 2.75) is 50.6 Å². The van der Waals surface area contributed by atoms with Crippen molar-refractivity contribution in [2.24, 2.45) is 5.73 Å². The van der Waals surface area contributed by atoms with Crippen molar-refractivity contribution >= 4 is 0 Å². The molecule has 1 atom stereocenters.